The largest absolute Gasteiger partial charge is 0.381 e. The number of nitro groups is 1. The van der Waals surface area contributed by atoms with Gasteiger partial charge in [0.05, 0.1) is 11.6 Å². The third-order valence-corrected chi connectivity index (χ3v) is 4.32. The number of carbonyl (C=O) groups excluding carboxylic acids is 1. The molecule has 0 bridgehead atoms. The van der Waals surface area contributed by atoms with E-state index in [0.29, 0.717) is 16.9 Å². The maximum Gasteiger partial charge on any atom is 0.381 e. The maximum atomic E-state index is 13.4. The number of imidazole rings is 1. The van der Waals surface area contributed by atoms with Crippen LogP contribution in [0.1, 0.15) is 21.7 Å². The average Bonchev–Trinajstić information content (AvgIpc) is 3.15. The Labute approximate surface area is 152 Å². The van der Waals surface area contributed by atoms with Gasteiger partial charge in [-0.2, -0.15) is 0 Å². The van der Waals surface area contributed by atoms with Gasteiger partial charge >= 0.3 is 5.82 Å². The van der Waals surface area contributed by atoms with Crippen LogP contribution in [0.2, 0.25) is 5.02 Å². The van der Waals surface area contributed by atoms with Gasteiger partial charge in [-0.15, -0.1) is 0 Å². The van der Waals surface area contributed by atoms with Gasteiger partial charge in [-0.25, -0.2) is 4.39 Å². The number of rotatable bonds is 5. The molecule has 0 amide bonds. The lowest BCUT2D eigenvalue weighted by molar-refractivity contribution is -0.389. The fourth-order valence-corrected chi connectivity index (χ4v) is 3.02. The van der Waals surface area contributed by atoms with Crippen molar-refractivity contribution in [2.75, 3.05) is 0 Å². The van der Waals surface area contributed by atoms with Crippen molar-refractivity contribution in [2.24, 2.45) is 0 Å². The molecule has 0 fully saturated rings. The number of benzene rings is 1. The highest BCUT2D eigenvalue weighted by atomic mass is 35.5. The van der Waals surface area contributed by atoms with Gasteiger partial charge in [0, 0.05) is 22.6 Å². The van der Waals surface area contributed by atoms with Gasteiger partial charge in [0.15, 0.2) is 5.78 Å². The van der Waals surface area contributed by atoms with Crippen molar-refractivity contribution in [1.29, 1.82) is 0 Å². The van der Waals surface area contributed by atoms with Crippen LogP contribution in [0.4, 0.5) is 10.2 Å². The molecule has 7 nitrogen and oxygen atoms in total. The Hall–Kier alpha value is -3.00. The molecule has 2 heterocycles. The average molecular weight is 377 g/mol. The van der Waals surface area contributed by atoms with Crippen molar-refractivity contribution >= 4 is 23.2 Å². The third kappa shape index (κ3) is 3.23. The van der Waals surface area contributed by atoms with Crippen LogP contribution in [0.3, 0.4) is 0 Å². The minimum absolute atomic E-state index is 0.00592. The van der Waals surface area contributed by atoms with E-state index in [1.165, 1.54) is 29.2 Å². The zero-order valence-corrected chi connectivity index (χ0v) is 14.7. The summed E-state index contributed by atoms with van der Waals surface area (Å²) in [6, 6.07) is 6.06. The van der Waals surface area contributed by atoms with E-state index in [9.17, 15) is 19.3 Å². The zero-order valence-electron chi connectivity index (χ0n) is 13.9. The fourth-order valence-electron chi connectivity index (χ4n) is 2.85. The van der Waals surface area contributed by atoms with E-state index in [4.69, 9.17) is 11.6 Å². The number of Topliss-reactive ketones (excluding diaryl/α,β-unsaturated/α-hetero) is 1. The van der Waals surface area contributed by atoms with Gasteiger partial charge in [-0.05, 0) is 48.0 Å². The van der Waals surface area contributed by atoms with E-state index in [2.05, 4.69) is 4.98 Å². The van der Waals surface area contributed by atoms with Crippen LogP contribution in [0.15, 0.2) is 36.8 Å². The van der Waals surface area contributed by atoms with Crippen LogP contribution in [0.5, 0.6) is 0 Å². The van der Waals surface area contributed by atoms with Crippen LogP contribution in [0, 0.1) is 29.8 Å². The molecule has 3 aromatic rings. The highest BCUT2D eigenvalue weighted by molar-refractivity contribution is 6.30. The van der Waals surface area contributed by atoms with E-state index in [0.717, 1.165) is 5.69 Å². The molecule has 2 aromatic heterocycles. The Bertz CT molecular complexity index is 1030. The first kappa shape index (κ1) is 17.8. The van der Waals surface area contributed by atoms with E-state index in [-0.39, 0.29) is 23.2 Å². The molecule has 3 rings (SSSR count). The molecule has 9 heteroatoms. The molecule has 0 aliphatic rings. The Kier molecular flexibility index (Phi) is 4.60. The monoisotopic (exact) mass is 376 g/mol. The minimum Gasteiger partial charge on any atom is -0.358 e. The molecule has 134 valence electrons. The highest BCUT2D eigenvalue weighted by Gasteiger charge is 2.19. The number of nitrogens with zero attached hydrogens (tertiary/aromatic N) is 4. The molecule has 0 N–H and O–H groups in total. The summed E-state index contributed by atoms with van der Waals surface area (Å²) in [5.74, 6) is -1.05. The summed E-state index contributed by atoms with van der Waals surface area (Å²) < 4.78 is 16.6. The van der Waals surface area contributed by atoms with Crippen molar-refractivity contribution in [2.45, 2.75) is 20.4 Å². The molecular formula is C17H14ClFN4O3. The molecule has 0 unspecified atom stereocenters. The normalized spacial score (nSPS) is 10.9. The van der Waals surface area contributed by atoms with E-state index >= 15 is 0 Å². The summed E-state index contributed by atoms with van der Waals surface area (Å²) >= 11 is 5.85. The van der Waals surface area contributed by atoms with E-state index in [1.807, 2.05) is 6.92 Å². The first-order valence-electron chi connectivity index (χ1n) is 7.61. The molecule has 0 saturated carbocycles. The maximum absolute atomic E-state index is 13.4. The Morgan fingerprint density at radius 3 is 2.69 bits per heavy atom. The Morgan fingerprint density at radius 2 is 2.08 bits per heavy atom. The standard InChI is InChI=1S/C17H14ClFN4O3/c1-10-5-13(16(24)7-21-8-17(20-9-21)23(25)26)11(2)22(10)12-3-4-15(19)14(18)6-12/h3-6,8-9H,7H2,1-2H3. The van der Waals surface area contributed by atoms with Crippen molar-refractivity contribution in [3.8, 4) is 5.69 Å². The lowest BCUT2D eigenvalue weighted by Gasteiger charge is -2.10. The number of hydrogen-bond donors (Lipinski definition) is 0. The quantitative estimate of drug-likeness (QED) is 0.384. The molecule has 26 heavy (non-hydrogen) atoms. The van der Waals surface area contributed by atoms with Crippen LogP contribution in [-0.4, -0.2) is 24.8 Å². The summed E-state index contributed by atoms with van der Waals surface area (Å²) in [5, 5.41) is 10.7. The zero-order chi connectivity index (χ0) is 19.0. The summed E-state index contributed by atoms with van der Waals surface area (Å²) in [5.41, 5.74) is 2.57. The van der Waals surface area contributed by atoms with Crippen LogP contribution >= 0.6 is 11.6 Å². The van der Waals surface area contributed by atoms with Crippen molar-refractivity contribution < 1.29 is 14.1 Å². The van der Waals surface area contributed by atoms with Gasteiger partial charge in [-0.1, -0.05) is 11.6 Å². The van der Waals surface area contributed by atoms with E-state index < -0.39 is 10.7 Å². The van der Waals surface area contributed by atoms with Crippen molar-refractivity contribution in [1.82, 2.24) is 14.1 Å². The molecule has 0 radical (unpaired) electrons. The predicted octanol–water partition coefficient (Wildman–Crippen LogP) is 3.87. The minimum atomic E-state index is -0.620. The first-order chi connectivity index (χ1) is 12.3. The summed E-state index contributed by atoms with van der Waals surface area (Å²) in [6.07, 6.45) is 2.45. The van der Waals surface area contributed by atoms with Gasteiger partial charge in [-0.3, -0.25) is 4.79 Å². The van der Waals surface area contributed by atoms with Gasteiger partial charge in [0.1, 0.15) is 12.0 Å². The molecular weight excluding hydrogens is 363 g/mol. The molecule has 1 aromatic carbocycles. The lowest BCUT2D eigenvalue weighted by Crippen LogP contribution is -2.10. The second kappa shape index (κ2) is 6.72. The SMILES string of the molecule is Cc1cc(C(=O)Cn2cnc([N+](=O)[O-])c2)c(C)n1-c1ccc(F)c(Cl)c1. The number of aromatic nitrogens is 3. The van der Waals surface area contributed by atoms with Crippen molar-refractivity contribution in [3.63, 3.8) is 0 Å². The predicted molar refractivity (Wildman–Crippen MR) is 93.4 cm³/mol. The highest BCUT2D eigenvalue weighted by Crippen LogP contribution is 2.25. The molecule has 0 aliphatic carbocycles. The third-order valence-electron chi connectivity index (χ3n) is 4.03. The Balaban J connectivity index is 1.92. The fraction of sp³-hybridized carbons (Fsp3) is 0.176. The number of aryl methyl sites for hydroxylation is 1. The first-order valence-corrected chi connectivity index (χ1v) is 7.99. The second-order valence-electron chi connectivity index (χ2n) is 5.80. The lowest BCUT2D eigenvalue weighted by atomic mass is 10.1. The second-order valence-corrected chi connectivity index (χ2v) is 6.21. The molecule has 0 saturated heterocycles. The van der Waals surface area contributed by atoms with Crippen molar-refractivity contribution in [3.05, 3.63) is 74.7 Å². The van der Waals surface area contributed by atoms with E-state index in [1.54, 1.807) is 23.6 Å². The van der Waals surface area contributed by atoms with Crippen LogP contribution < -0.4 is 0 Å². The van der Waals surface area contributed by atoms with Gasteiger partial charge in [0.25, 0.3) is 0 Å². The topological polar surface area (TPSA) is 83.0 Å². The summed E-state index contributed by atoms with van der Waals surface area (Å²) in [4.78, 5) is 26.3. The Morgan fingerprint density at radius 1 is 1.35 bits per heavy atom. The number of carbonyl (C=O) groups is 1. The molecule has 0 spiro atoms. The van der Waals surface area contributed by atoms with Crippen LogP contribution in [0.25, 0.3) is 5.69 Å². The molecule has 0 atom stereocenters. The smallest absolute Gasteiger partial charge is 0.358 e. The van der Waals surface area contributed by atoms with Gasteiger partial charge in [0.2, 0.25) is 6.33 Å². The number of ketones is 1. The number of hydrogen-bond acceptors (Lipinski definition) is 4. The molecule has 0 aliphatic heterocycles. The summed E-state index contributed by atoms with van der Waals surface area (Å²) in [6.45, 7) is 3.52. The summed E-state index contributed by atoms with van der Waals surface area (Å²) in [7, 11) is 0. The van der Waals surface area contributed by atoms with Gasteiger partial charge < -0.3 is 19.2 Å². The number of halogens is 2. The van der Waals surface area contributed by atoms with Crippen LogP contribution in [-0.2, 0) is 6.54 Å².